The van der Waals surface area contributed by atoms with E-state index in [0.717, 1.165) is 0 Å². The zero-order valence-corrected chi connectivity index (χ0v) is 9.11. The maximum atomic E-state index is 7.75. The van der Waals surface area contributed by atoms with E-state index >= 15 is 0 Å². The van der Waals surface area contributed by atoms with Crippen molar-refractivity contribution in [1.29, 1.82) is 0 Å². The molecular formula is C10H13MnO3-5. The molecule has 0 aromatic heterocycles. The van der Waals surface area contributed by atoms with Crippen LogP contribution in [0.3, 0.4) is 0 Å². The third kappa shape index (κ3) is 70.6. The molecule has 0 amide bonds. The number of hydrogen-bond donors (Lipinski definition) is 0. The van der Waals surface area contributed by atoms with Gasteiger partial charge in [-0.15, -0.1) is 0 Å². The van der Waals surface area contributed by atoms with Crippen molar-refractivity contribution in [2.45, 2.75) is 6.92 Å². The van der Waals surface area contributed by atoms with Crippen LogP contribution >= 0.6 is 0 Å². The Hall–Kier alpha value is -1.12. The largest absolute Gasteiger partial charge is 0.545 e. The fourth-order valence-corrected chi connectivity index (χ4v) is 0.321. The van der Waals surface area contributed by atoms with Crippen LogP contribution in [0.4, 0.5) is 0 Å². The first kappa shape index (κ1) is 29.3. The molecule has 0 fully saturated rings. The van der Waals surface area contributed by atoms with Crippen molar-refractivity contribution in [3.8, 4) is 0 Å². The normalized spacial score (nSPS) is 4.14. The van der Waals surface area contributed by atoms with Gasteiger partial charge in [0, 0.05) is 17.1 Å². The summed E-state index contributed by atoms with van der Waals surface area (Å²) in [4.78, 5) is 23.2. The topological polar surface area (TPSA) is 51.2 Å². The summed E-state index contributed by atoms with van der Waals surface area (Å²) < 4.78 is 0. The molecule has 1 aromatic carbocycles. The smallest absolute Gasteiger partial charge is 0 e. The Kier molecular flexibility index (Phi) is 195. The Morgan fingerprint density at radius 3 is 1.14 bits per heavy atom. The van der Waals surface area contributed by atoms with Crippen LogP contribution in [0.25, 0.3) is 0 Å². The van der Waals surface area contributed by atoms with Crippen molar-refractivity contribution in [2.24, 2.45) is 0 Å². The summed E-state index contributed by atoms with van der Waals surface area (Å²) in [5.74, 6) is 0. The fraction of sp³-hybridized carbons (Fsp3) is 0.100. The van der Waals surface area contributed by atoms with Gasteiger partial charge in [-0.05, 0) is 0 Å². The predicted octanol–water partition coefficient (Wildman–Crippen LogP) is 1.42. The zero-order chi connectivity index (χ0) is 11.5. The van der Waals surface area contributed by atoms with Crippen molar-refractivity contribution in [1.82, 2.24) is 0 Å². The molecule has 83 valence electrons. The van der Waals surface area contributed by atoms with Crippen molar-refractivity contribution in [3.05, 3.63) is 37.3 Å². The Balaban J connectivity index is -0.0000000267. The van der Waals surface area contributed by atoms with E-state index in [1.807, 2.05) is 30.3 Å². The molecule has 1 rings (SSSR count). The molecular weight excluding hydrogens is 223 g/mol. The van der Waals surface area contributed by atoms with Gasteiger partial charge in [-0.1, -0.05) is 0 Å². The molecule has 0 aliphatic carbocycles. The molecule has 0 N–H and O–H groups in total. The monoisotopic (exact) mass is 236 g/mol. The van der Waals surface area contributed by atoms with E-state index in [0.29, 0.717) is 0 Å². The van der Waals surface area contributed by atoms with Crippen molar-refractivity contribution in [2.75, 3.05) is 0 Å². The van der Waals surface area contributed by atoms with Crippen LogP contribution in [0.1, 0.15) is 6.92 Å². The van der Waals surface area contributed by atoms with Gasteiger partial charge in [0.05, 0.1) is 0 Å². The summed E-state index contributed by atoms with van der Waals surface area (Å²) in [5, 5.41) is 0. The minimum Gasteiger partial charge on any atom is -0.545 e. The second-order valence-electron chi connectivity index (χ2n) is 0.962. The molecule has 1 radical (unpaired) electrons. The maximum Gasteiger partial charge on any atom is 0 e. The van der Waals surface area contributed by atoms with Crippen LogP contribution in [-0.4, -0.2) is 20.4 Å². The molecule has 0 saturated carbocycles. The summed E-state index contributed by atoms with van der Waals surface area (Å²) in [6.07, 6.45) is 0. The van der Waals surface area contributed by atoms with Gasteiger partial charge in [0.1, 0.15) is 0 Å². The molecule has 0 aliphatic rings. The average Bonchev–Trinajstić information content (AvgIpc) is 2.87. The van der Waals surface area contributed by atoms with E-state index in [1.54, 1.807) is 6.92 Å². The van der Waals surface area contributed by atoms with E-state index in [1.165, 1.54) is 0 Å². The molecule has 0 heterocycles. The Labute approximate surface area is 96.3 Å². The molecule has 0 spiro atoms. The minimum atomic E-state index is 0. The quantitative estimate of drug-likeness (QED) is 0.389. The summed E-state index contributed by atoms with van der Waals surface area (Å²) in [5.41, 5.74) is 0. The molecule has 0 atom stereocenters. The van der Waals surface area contributed by atoms with Gasteiger partial charge in [-0.2, -0.15) is 25.1 Å². The van der Waals surface area contributed by atoms with Crippen LogP contribution in [0, 0.1) is 6.92 Å². The van der Waals surface area contributed by atoms with E-state index in [-0.39, 0.29) is 17.1 Å². The van der Waals surface area contributed by atoms with E-state index in [4.69, 9.17) is 14.4 Å². The molecule has 0 aliphatic heterocycles. The van der Waals surface area contributed by atoms with Gasteiger partial charge in [-0.25, -0.2) is 12.1 Å². The molecule has 3 nitrogen and oxygen atoms in total. The van der Waals surface area contributed by atoms with Gasteiger partial charge in [0.25, 0.3) is 0 Å². The first-order valence-corrected chi connectivity index (χ1v) is 3.08. The zero-order valence-electron chi connectivity index (χ0n) is 7.93. The van der Waals surface area contributed by atoms with Crippen LogP contribution in [0.5, 0.6) is 0 Å². The summed E-state index contributed by atoms with van der Waals surface area (Å²) in [6, 6.07) is 10.0. The fourth-order valence-electron chi connectivity index (χ4n) is 0.321. The van der Waals surface area contributed by atoms with E-state index in [2.05, 4.69) is 27.3 Å². The summed E-state index contributed by atoms with van der Waals surface area (Å²) in [6.45, 7) is 14.8. The molecule has 4 heteroatoms. The van der Waals surface area contributed by atoms with Crippen LogP contribution in [0.2, 0.25) is 0 Å². The Morgan fingerprint density at radius 1 is 0.857 bits per heavy atom. The Bertz CT molecular complexity index is 99.0. The van der Waals surface area contributed by atoms with E-state index in [9.17, 15) is 0 Å². The second-order valence-corrected chi connectivity index (χ2v) is 0.962. The predicted molar refractivity (Wildman–Crippen MR) is 53.3 cm³/mol. The van der Waals surface area contributed by atoms with Crippen molar-refractivity contribution >= 4 is 20.4 Å². The standard InChI is InChI=1S/C5H5.C2H5.3CHO.Mn/c1-2-4-5-3-1;4*1-2;/h1-5H;1H2,2H3;3*1H;/q5*-1;. The van der Waals surface area contributed by atoms with Crippen molar-refractivity contribution in [3.63, 3.8) is 0 Å². The van der Waals surface area contributed by atoms with Crippen LogP contribution < -0.4 is 0 Å². The van der Waals surface area contributed by atoms with Gasteiger partial charge >= 0.3 is 0 Å². The number of carbonyl (C=O) groups excluding carboxylic acids is 3. The van der Waals surface area contributed by atoms with Crippen molar-refractivity contribution < 1.29 is 31.5 Å². The molecule has 0 saturated heterocycles. The molecule has 0 unspecified atom stereocenters. The molecule has 1 aromatic rings. The third-order valence-electron chi connectivity index (χ3n) is 0.556. The maximum absolute atomic E-state index is 7.75. The first-order valence-electron chi connectivity index (χ1n) is 3.08. The number of rotatable bonds is 0. The second kappa shape index (κ2) is 93.4. The summed E-state index contributed by atoms with van der Waals surface area (Å²) in [7, 11) is 0. The first-order chi connectivity index (χ1) is 6.50. The minimum absolute atomic E-state index is 0. The SMILES string of the molecule is [CH-]=O.[CH-]=O.[CH-]=O.[CH2-]C.[Mn].c1cc[cH-]c1. The van der Waals surface area contributed by atoms with Crippen LogP contribution in [-0.2, 0) is 31.5 Å². The van der Waals surface area contributed by atoms with E-state index < -0.39 is 0 Å². The Morgan fingerprint density at radius 2 is 1.07 bits per heavy atom. The van der Waals surface area contributed by atoms with Crippen LogP contribution in [0.15, 0.2) is 30.3 Å². The average molecular weight is 236 g/mol. The van der Waals surface area contributed by atoms with Gasteiger partial charge in [0.2, 0.25) is 0 Å². The number of hydrogen-bond acceptors (Lipinski definition) is 3. The van der Waals surface area contributed by atoms with Gasteiger partial charge < -0.3 is 21.3 Å². The summed E-state index contributed by atoms with van der Waals surface area (Å²) >= 11 is 0. The molecule has 0 bridgehead atoms. The van der Waals surface area contributed by atoms with Gasteiger partial charge in [-0.3, -0.25) is 20.4 Å². The van der Waals surface area contributed by atoms with Gasteiger partial charge in [0.15, 0.2) is 0 Å². The third-order valence-corrected chi connectivity index (χ3v) is 0.556. The molecule has 14 heavy (non-hydrogen) atoms.